The Labute approximate surface area is 132 Å². The number of nitrogens with one attached hydrogen (secondary N) is 1. The monoisotopic (exact) mass is 299 g/mol. The summed E-state index contributed by atoms with van der Waals surface area (Å²) >= 11 is 0. The summed E-state index contributed by atoms with van der Waals surface area (Å²) in [6.45, 7) is 4.62. The molecule has 0 saturated heterocycles. The van der Waals surface area contributed by atoms with Crippen LogP contribution in [-0.2, 0) is 7.05 Å². The minimum atomic E-state index is -0.0166. The highest BCUT2D eigenvalue weighted by atomic mass is 16.1. The average molecular weight is 299 g/mol. The molecule has 4 nitrogen and oxygen atoms in total. The van der Waals surface area contributed by atoms with Crippen molar-refractivity contribution in [2.45, 2.75) is 19.9 Å². The molecule has 1 aromatic carbocycles. The molecule has 0 aliphatic heterocycles. The van der Waals surface area contributed by atoms with E-state index in [9.17, 15) is 4.79 Å². The first-order valence-corrected chi connectivity index (χ1v) is 7.53. The van der Waals surface area contributed by atoms with Gasteiger partial charge in [0.1, 0.15) is 0 Å². The lowest BCUT2D eigenvalue weighted by Crippen LogP contribution is -2.34. The summed E-state index contributed by atoms with van der Waals surface area (Å²) in [4.78, 5) is 14.5. The molecule has 1 N–H and O–H groups in total. The molecule has 0 radical (unpaired) electrons. The van der Waals surface area contributed by atoms with Crippen molar-refractivity contribution in [3.63, 3.8) is 0 Å². The molecule has 2 rings (SSSR count). The Morgan fingerprint density at radius 3 is 2.32 bits per heavy atom. The maximum Gasteiger partial charge on any atom is 0.253 e. The molecule has 0 fully saturated rings. The van der Waals surface area contributed by atoms with E-state index in [-0.39, 0.29) is 11.9 Å². The van der Waals surface area contributed by atoms with Crippen LogP contribution in [0.25, 0.3) is 0 Å². The third-order valence-corrected chi connectivity index (χ3v) is 4.17. The van der Waals surface area contributed by atoms with Crippen LogP contribution in [0.2, 0.25) is 0 Å². The Morgan fingerprint density at radius 2 is 1.82 bits per heavy atom. The van der Waals surface area contributed by atoms with Gasteiger partial charge in [-0.3, -0.25) is 4.79 Å². The predicted molar refractivity (Wildman–Crippen MR) is 90.1 cm³/mol. The van der Waals surface area contributed by atoms with Crippen molar-refractivity contribution in [2.24, 2.45) is 7.05 Å². The van der Waals surface area contributed by atoms with Gasteiger partial charge in [0.2, 0.25) is 0 Å². The molecule has 0 spiro atoms. The zero-order valence-electron chi connectivity index (χ0n) is 14.1. The minimum Gasteiger partial charge on any atom is -0.354 e. The number of amides is 1. The second-order valence-electron chi connectivity index (χ2n) is 6.03. The fourth-order valence-electron chi connectivity index (χ4n) is 2.52. The van der Waals surface area contributed by atoms with Crippen molar-refractivity contribution < 1.29 is 4.79 Å². The molecule has 2 aromatic rings. The molecule has 1 aromatic heterocycles. The molecular weight excluding hydrogens is 274 g/mol. The topological polar surface area (TPSA) is 37.3 Å². The molecular formula is C18H25N3O. The molecule has 0 unspecified atom stereocenters. The van der Waals surface area contributed by atoms with Crippen LogP contribution >= 0.6 is 0 Å². The fraction of sp³-hybridized carbons (Fsp3) is 0.389. The van der Waals surface area contributed by atoms with E-state index < -0.39 is 0 Å². The second-order valence-corrected chi connectivity index (χ2v) is 6.03. The number of aromatic nitrogens is 1. The largest absolute Gasteiger partial charge is 0.354 e. The molecule has 118 valence electrons. The first-order chi connectivity index (χ1) is 10.4. The highest BCUT2D eigenvalue weighted by Crippen LogP contribution is 2.18. The number of carbonyl (C=O) groups is 1. The smallest absolute Gasteiger partial charge is 0.253 e. The number of hydrogen-bond donors (Lipinski definition) is 1. The number of hydrogen-bond acceptors (Lipinski definition) is 2. The number of benzene rings is 1. The first kappa shape index (κ1) is 16.3. The summed E-state index contributed by atoms with van der Waals surface area (Å²) in [7, 11) is 6.01. The summed E-state index contributed by atoms with van der Waals surface area (Å²) in [6.07, 6.45) is 1.91. The van der Waals surface area contributed by atoms with Gasteiger partial charge in [0.15, 0.2) is 0 Å². The van der Waals surface area contributed by atoms with Crippen LogP contribution in [-0.4, -0.2) is 36.0 Å². The molecule has 1 atom stereocenters. The van der Waals surface area contributed by atoms with Crippen LogP contribution in [0, 0.1) is 13.8 Å². The minimum absolute atomic E-state index is 0.0166. The van der Waals surface area contributed by atoms with Crippen molar-refractivity contribution >= 4 is 5.91 Å². The Kier molecular flexibility index (Phi) is 5.03. The molecule has 0 bridgehead atoms. The summed E-state index contributed by atoms with van der Waals surface area (Å²) in [6, 6.07) is 10.5. The van der Waals surface area contributed by atoms with Crippen LogP contribution in [0.5, 0.6) is 0 Å². The standard InChI is InChI=1S/C18H25N3O/c1-13-6-8-15(9-7-13)17(20(3)4)12-19-18(22)16-10-11-21(5)14(16)2/h6-11,17H,12H2,1-5H3,(H,19,22)/t17-/m0/s1. The lowest BCUT2D eigenvalue weighted by atomic mass is 10.0. The number of carbonyl (C=O) groups excluding carboxylic acids is 1. The Morgan fingerprint density at radius 1 is 1.18 bits per heavy atom. The predicted octanol–water partition coefficient (Wildman–Crippen LogP) is 2.67. The molecule has 22 heavy (non-hydrogen) atoms. The fourth-order valence-corrected chi connectivity index (χ4v) is 2.52. The Bertz CT molecular complexity index is 641. The normalized spacial score (nSPS) is 12.5. The lowest BCUT2D eigenvalue weighted by molar-refractivity contribution is 0.0941. The van der Waals surface area contributed by atoms with Gasteiger partial charge in [0.25, 0.3) is 5.91 Å². The van der Waals surface area contributed by atoms with E-state index in [2.05, 4.69) is 41.4 Å². The van der Waals surface area contributed by atoms with Crippen molar-refractivity contribution in [1.29, 1.82) is 0 Å². The molecule has 1 amide bonds. The van der Waals surface area contributed by atoms with E-state index in [0.29, 0.717) is 6.54 Å². The van der Waals surface area contributed by atoms with Gasteiger partial charge in [-0.1, -0.05) is 29.8 Å². The average Bonchev–Trinajstić information content (AvgIpc) is 2.80. The zero-order valence-corrected chi connectivity index (χ0v) is 14.1. The quantitative estimate of drug-likeness (QED) is 0.921. The number of rotatable bonds is 5. The van der Waals surface area contributed by atoms with Crippen LogP contribution < -0.4 is 5.32 Å². The first-order valence-electron chi connectivity index (χ1n) is 7.53. The van der Waals surface area contributed by atoms with Gasteiger partial charge in [0.05, 0.1) is 11.6 Å². The van der Waals surface area contributed by atoms with Gasteiger partial charge < -0.3 is 14.8 Å². The van der Waals surface area contributed by atoms with Gasteiger partial charge in [-0.25, -0.2) is 0 Å². The Balaban J connectivity index is 2.08. The van der Waals surface area contributed by atoms with E-state index in [1.54, 1.807) is 0 Å². The highest BCUT2D eigenvalue weighted by Gasteiger charge is 2.17. The van der Waals surface area contributed by atoms with E-state index >= 15 is 0 Å². The molecule has 0 aliphatic carbocycles. The number of likely N-dealkylation sites (N-methyl/N-ethyl adjacent to an activating group) is 1. The van der Waals surface area contributed by atoms with E-state index in [0.717, 1.165) is 11.3 Å². The van der Waals surface area contributed by atoms with Gasteiger partial charge >= 0.3 is 0 Å². The maximum absolute atomic E-state index is 12.3. The van der Waals surface area contributed by atoms with Gasteiger partial charge in [-0.05, 0) is 39.6 Å². The van der Waals surface area contributed by atoms with Gasteiger partial charge in [0, 0.05) is 25.5 Å². The third kappa shape index (κ3) is 3.57. The summed E-state index contributed by atoms with van der Waals surface area (Å²) < 4.78 is 1.96. The lowest BCUT2D eigenvalue weighted by Gasteiger charge is -2.25. The van der Waals surface area contributed by atoms with E-state index in [4.69, 9.17) is 0 Å². The van der Waals surface area contributed by atoms with Crippen molar-refractivity contribution in [3.8, 4) is 0 Å². The SMILES string of the molecule is Cc1ccc([C@H](CNC(=O)c2ccn(C)c2C)N(C)C)cc1. The van der Waals surface area contributed by atoms with Crippen molar-refractivity contribution in [3.05, 3.63) is 58.9 Å². The van der Waals surface area contributed by atoms with Gasteiger partial charge in [-0.15, -0.1) is 0 Å². The van der Waals surface area contributed by atoms with E-state index in [1.807, 2.05) is 44.9 Å². The molecule has 0 saturated carbocycles. The van der Waals surface area contributed by atoms with Crippen molar-refractivity contribution in [2.75, 3.05) is 20.6 Å². The molecule has 4 heteroatoms. The van der Waals surface area contributed by atoms with Crippen LogP contribution in [0.4, 0.5) is 0 Å². The summed E-state index contributed by atoms with van der Waals surface area (Å²) in [5.41, 5.74) is 4.17. The third-order valence-electron chi connectivity index (χ3n) is 4.17. The van der Waals surface area contributed by atoms with E-state index in [1.165, 1.54) is 11.1 Å². The zero-order chi connectivity index (χ0) is 16.3. The molecule has 1 heterocycles. The maximum atomic E-state index is 12.3. The summed E-state index contributed by atoms with van der Waals surface area (Å²) in [5.74, 6) is -0.0166. The van der Waals surface area contributed by atoms with Crippen LogP contribution in [0.1, 0.15) is 33.2 Å². The van der Waals surface area contributed by atoms with Gasteiger partial charge in [-0.2, -0.15) is 0 Å². The summed E-state index contributed by atoms with van der Waals surface area (Å²) in [5, 5.41) is 3.05. The van der Waals surface area contributed by atoms with Crippen LogP contribution in [0.15, 0.2) is 36.5 Å². The van der Waals surface area contributed by atoms with Crippen molar-refractivity contribution in [1.82, 2.24) is 14.8 Å². The van der Waals surface area contributed by atoms with Crippen LogP contribution in [0.3, 0.4) is 0 Å². The number of aryl methyl sites for hydroxylation is 2. The number of nitrogens with zero attached hydrogens (tertiary/aromatic N) is 2. The molecule has 0 aliphatic rings. The highest BCUT2D eigenvalue weighted by molar-refractivity contribution is 5.95. The second kappa shape index (κ2) is 6.79. The Hall–Kier alpha value is -2.07.